The quantitative estimate of drug-likeness (QED) is 0.831. The van der Waals surface area contributed by atoms with E-state index in [4.69, 9.17) is 9.47 Å². The summed E-state index contributed by atoms with van der Waals surface area (Å²) < 4.78 is 11.2. The molecule has 0 N–H and O–H groups in total. The first-order valence-corrected chi connectivity index (χ1v) is 6.04. The number of rotatable bonds is 4. The van der Waals surface area contributed by atoms with Crippen molar-refractivity contribution in [3.8, 4) is 11.5 Å². The number of benzene rings is 1. The standard InChI is InChI=1S/C14H18N2O2/c1-5-14(2,3)18-13-9-15-16-12-8-10(17-4)6-7-11(12)13/h6-9H,5H2,1-4H3. The number of ether oxygens (including phenoxy) is 2. The minimum Gasteiger partial charge on any atom is -0.497 e. The van der Waals surface area contributed by atoms with E-state index < -0.39 is 0 Å². The van der Waals surface area contributed by atoms with E-state index in [1.165, 1.54) is 0 Å². The maximum atomic E-state index is 5.99. The van der Waals surface area contributed by atoms with Gasteiger partial charge in [0.15, 0.2) is 0 Å². The summed E-state index contributed by atoms with van der Waals surface area (Å²) in [6.07, 6.45) is 2.58. The van der Waals surface area contributed by atoms with E-state index >= 15 is 0 Å². The Kier molecular flexibility index (Phi) is 3.36. The molecule has 18 heavy (non-hydrogen) atoms. The summed E-state index contributed by atoms with van der Waals surface area (Å²) in [5.41, 5.74) is 0.564. The largest absolute Gasteiger partial charge is 0.497 e. The normalized spacial score (nSPS) is 11.6. The van der Waals surface area contributed by atoms with Gasteiger partial charge in [0, 0.05) is 11.5 Å². The van der Waals surface area contributed by atoms with Crippen molar-refractivity contribution in [2.45, 2.75) is 32.8 Å². The van der Waals surface area contributed by atoms with Crippen molar-refractivity contribution >= 4 is 10.9 Å². The van der Waals surface area contributed by atoms with E-state index in [-0.39, 0.29) is 5.60 Å². The fourth-order valence-corrected chi connectivity index (χ4v) is 1.59. The fraction of sp³-hybridized carbons (Fsp3) is 0.429. The predicted molar refractivity (Wildman–Crippen MR) is 71.1 cm³/mol. The molecule has 0 spiro atoms. The summed E-state index contributed by atoms with van der Waals surface area (Å²) in [7, 11) is 1.63. The van der Waals surface area contributed by atoms with Crippen LogP contribution in [0, 0.1) is 0 Å². The van der Waals surface area contributed by atoms with Gasteiger partial charge in [-0.25, -0.2) is 0 Å². The molecular formula is C14H18N2O2. The summed E-state index contributed by atoms with van der Waals surface area (Å²) in [5, 5.41) is 9.02. The molecule has 4 heteroatoms. The number of hydrogen-bond acceptors (Lipinski definition) is 4. The molecule has 1 heterocycles. The molecule has 0 aliphatic carbocycles. The van der Waals surface area contributed by atoms with Gasteiger partial charge in [0.1, 0.15) is 22.6 Å². The second kappa shape index (κ2) is 4.80. The van der Waals surface area contributed by atoms with Crippen LogP contribution in [0.3, 0.4) is 0 Å². The Balaban J connectivity index is 2.46. The second-order valence-corrected chi connectivity index (χ2v) is 4.81. The summed E-state index contributed by atoms with van der Waals surface area (Å²) in [4.78, 5) is 0. The zero-order chi connectivity index (χ0) is 13.2. The number of nitrogens with zero attached hydrogens (tertiary/aromatic N) is 2. The van der Waals surface area contributed by atoms with Crippen molar-refractivity contribution in [1.29, 1.82) is 0 Å². The third kappa shape index (κ3) is 2.53. The maximum absolute atomic E-state index is 5.99. The van der Waals surface area contributed by atoms with Crippen LogP contribution in [0.15, 0.2) is 24.4 Å². The number of hydrogen-bond donors (Lipinski definition) is 0. The van der Waals surface area contributed by atoms with E-state index in [1.807, 2.05) is 18.2 Å². The fourth-order valence-electron chi connectivity index (χ4n) is 1.59. The van der Waals surface area contributed by atoms with Crippen LogP contribution < -0.4 is 9.47 Å². The average Bonchev–Trinajstić information content (AvgIpc) is 2.38. The molecule has 4 nitrogen and oxygen atoms in total. The van der Waals surface area contributed by atoms with Crippen LogP contribution in [0.25, 0.3) is 10.9 Å². The third-order valence-corrected chi connectivity index (χ3v) is 3.05. The molecule has 0 saturated heterocycles. The van der Waals surface area contributed by atoms with Crippen molar-refractivity contribution in [2.75, 3.05) is 7.11 Å². The molecule has 0 amide bonds. The highest BCUT2D eigenvalue weighted by atomic mass is 16.5. The van der Waals surface area contributed by atoms with Crippen LogP contribution in [0.1, 0.15) is 27.2 Å². The van der Waals surface area contributed by atoms with Gasteiger partial charge in [-0.2, -0.15) is 10.2 Å². The van der Waals surface area contributed by atoms with Gasteiger partial charge >= 0.3 is 0 Å². The molecule has 0 aliphatic rings. The number of aromatic nitrogens is 2. The minimum absolute atomic E-state index is 0.212. The van der Waals surface area contributed by atoms with E-state index in [2.05, 4.69) is 31.0 Å². The highest BCUT2D eigenvalue weighted by molar-refractivity contribution is 5.85. The van der Waals surface area contributed by atoms with Gasteiger partial charge in [0.25, 0.3) is 0 Å². The maximum Gasteiger partial charge on any atom is 0.149 e. The van der Waals surface area contributed by atoms with Crippen molar-refractivity contribution in [3.05, 3.63) is 24.4 Å². The Morgan fingerprint density at radius 2 is 2.06 bits per heavy atom. The smallest absolute Gasteiger partial charge is 0.149 e. The lowest BCUT2D eigenvalue weighted by Gasteiger charge is -2.25. The Hall–Kier alpha value is -1.84. The molecule has 0 fully saturated rings. The lowest BCUT2D eigenvalue weighted by Crippen LogP contribution is -2.27. The van der Waals surface area contributed by atoms with Crippen LogP contribution >= 0.6 is 0 Å². The van der Waals surface area contributed by atoms with Crippen LogP contribution in [-0.2, 0) is 0 Å². The van der Waals surface area contributed by atoms with E-state index in [0.717, 1.165) is 28.8 Å². The zero-order valence-electron chi connectivity index (χ0n) is 11.2. The zero-order valence-corrected chi connectivity index (χ0v) is 11.2. The monoisotopic (exact) mass is 246 g/mol. The Labute approximate surface area is 107 Å². The molecule has 0 saturated carbocycles. The Morgan fingerprint density at radius 3 is 2.72 bits per heavy atom. The molecular weight excluding hydrogens is 228 g/mol. The first-order valence-electron chi connectivity index (χ1n) is 6.04. The Bertz CT molecular complexity index is 552. The van der Waals surface area contributed by atoms with Crippen LogP contribution in [0.2, 0.25) is 0 Å². The van der Waals surface area contributed by atoms with Gasteiger partial charge in [-0.1, -0.05) is 6.92 Å². The summed E-state index contributed by atoms with van der Waals surface area (Å²) in [6, 6.07) is 5.70. The molecule has 0 atom stereocenters. The molecule has 0 aliphatic heterocycles. The molecule has 1 aromatic carbocycles. The first-order chi connectivity index (χ1) is 8.55. The van der Waals surface area contributed by atoms with Gasteiger partial charge in [-0.3, -0.25) is 0 Å². The SMILES string of the molecule is CCC(C)(C)Oc1cnnc2cc(OC)ccc12. The molecule has 0 radical (unpaired) electrons. The van der Waals surface area contributed by atoms with Crippen molar-refractivity contribution in [3.63, 3.8) is 0 Å². The van der Waals surface area contributed by atoms with E-state index in [1.54, 1.807) is 13.3 Å². The average molecular weight is 246 g/mol. The molecule has 2 aromatic rings. The van der Waals surface area contributed by atoms with Gasteiger partial charge in [0.2, 0.25) is 0 Å². The van der Waals surface area contributed by atoms with Gasteiger partial charge < -0.3 is 9.47 Å². The number of methoxy groups -OCH3 is 1. The molecule has 96 valence electrons. The van der Waals surface area contributed by atoms with Crippen LogP contribution in [0.5, 0.6) is 11.5 Å². The molecule has 2 rings (SSSR count). The lowest BCUT2D eigenvalue weighted by atomic mass is 10.1. The molecule has 0 unspecified atom stereocenters. The van der Waals surface area contributed by atoms with Crippen molar-refractivity contribution in [1.82, 2.24) is 10.2 Å². The van der Waals surface area contributed by atoms with Crippen molar-refractivity contribution in [2.24, 2.45) is 0 Å². The highest BCUT2D eigenvalue weighted by Crippen LogP contribution is 2.29. The predicted octanol–water partition coefficient (Wildman–Crippen LogP) is 3.21. The molecule has 1 aromatic heterocycles. The van der Waals surface area contributed by atoms with Crippen LogP contribution in [0.4, 0.5) is 0 Å². The minimum atomic E-state index is -0.212. The van der Waals surface area contributed by atoms with E-state index in [0.29, 0.717) is 0 Å². The van der Waals surface area contributed by atoms with Crippen molar-refractivity contribution < 1.29 is 9.47 Å². The second-order valence-electron chi connectivity index (χ2n) is 4.81. The van der Waals surface area contributed by atoms with Crippen LogP contribution in [-0.4, -0.2) is 22.9 Å². The Morgan fingerprint density at radius 1 is 1.28 bits per heavy atom. The van der Waals surface area contributed by atoms with Gasteiger partial charge in [-0.15, -0.1) is 0 Å². The summed E-state index contributed by atoms with van der Waals surface area (Å²) >= 11 is 0. The summed E-state index contributed by atoms with van der Waals surface area (Å²) in [6.45, 7) is 6.21. The van der Waals surface area contributed by atoms with Gasteiger partial charge in [0.05, 0.1) is 13.3 Å². The van der Waals surface area contributed by atoms with E-state index in [9.17, 15) is 0 Å². The lowest BCUT2D eigenvalue weighted by molar-refractivity contribution is 0.107. The highest BCUT2D eigenvalue weighted by Gasteiger charge is 2.18. The summed E-state index contributed by atoms with van der Waals surface area (Å²) in [5.74, 6) is 1.53. The third-order valence-electron chi connectivity index (χ3n) is 3.05. The molecule has 0 bridgehead atoms. The number of fused-ring (bicyclic) bond motifs is 1. The first kappa shape index (κ1) is 12.6. The topological polar surface area (TPSA) is 44.2 Å². The van der Waals surface area contributed by atoms with Gasteiger partial charge in [-0.05, 0) is 32.4 Å².